The van der Waals surface area contributed by atoms with E-state index in [2.05, 4.69) is 10.3 Å². The molecule has 1 aromatic carbocycles. The van der Waals surface area contributed by atoms with Crippen LogP contribution in [0.2, 0.25) is 10.0 Å². The van der Waals surface area contributed by atoms with Crippen molar-refractivity contribution in [3.05, 3.63) is 70.0 Å². The summed E-state index contributed by atoms with van der Waals surface area (Å²) in [6.07, 6.45) is 2.75. The molecule has 0 bridgehead atoms. The number of Topliss-reactive ketones (excluding diaryl/α,β-unsaturated/α-hetero) is 1. The van der Waals surface area contributed by atoms with Crippen LogP contribution in [0.15, 0.2) is 54.4 Å². The second-order valence-corrected chi connectivity index (χ2v) is 4.83. The van der Waals surface area contributed by atoms with Crippen molar-refractivity contribution >= 4 is 34.8 Å². The van der Waals surface area contributed by atoms with Crippen LogP contribution in [-0.4, -0.2) is 10.8 Å². The molecule has 1 heterocycles. The van der Waals surface area contributed by atoms with Gasteiger partial charge in [-0.25, -0.2) is 4.98 Å². The molecule has 1 N–H and O–H groups in total. The Bertz CT molecular complexity index is 733. The van der Waals surface area contributed by atoms with E-state index >= 15 is 0 Å². The Morgan fingerprint density at radius 3 is 2.62 bits per heavy atom. The minimum absolute atomic E-state index is 0.0696. The van der Waals surface area contributed by atoms with Crippen LogP contribution in [0.5, 0.6) is 0 Å². The lowest BCUT2D eigenvalue weighted by atomic mass is 10.1. The number of hydrogen-bond acceptors (Lipinski definition) is 4. The molecule has 2 rings (SSSR count). The number of anilines is 1. The number of halogens is 2. The van der Waals surface area contributed by atoms with Crippen LogP contribution in [-0.2, 0) is 0 Å². The van der Waals surface area contributed by atoms with Crippen molar-refractivity contribution in [2.24, 2.45) is 0 Å². The number of pyridine rings is 1. The van der Waals surface area contributed by atoms with Crippen LogP contribution >= 0.6 is 23.2 Å². The van der Waals surface area contributed by atoms with Crippen LogP contribution in [0, 0.1) is 11.3 Å². The van der Waals surface area contributed by atoms with E-state index in [1.807, 2.05) is 6.07 Å². The second-order valence-electron chi connectivity index (χ2n) is 3.98. The lowest BCUT2D eigenvalue weighted by molar-refractivity contribution is 0.103. The molecule has 21 heavy (non-hydrogen) atoms. The third kappa shape index (κ3) is 3.82. The summed E-state index contributed by atoms with van der Waals surface area (Å²) in [4.78, 5) is 16.2. The maximum atomic E-state index is 12.2. The van der Waals surface area contributed by atoms with E-state index in [9.17, 15) is 4.79 Å². The largest absolute Gasteiger partial charge is 0.345 e. The van der Waals surface area contributed by atoms with Gasteiger partial charge < -0.3 is 5.32 Å². The Morgan fingerprint density at radius 2 is 2.00 bits per heavy atom. The Balaban J connectivity index is 2.22. The lowest BCUT2D eigenvalue weighted by Gasteiger charge is -2.03. The van der Waals surface area contributed by atoms with Gasteiger partial charge in [0.05, 0.1) is 10.0 Å². The molecule has 0 aliphatic carbocycles. The van der Waals surface area contributed by atoms with Gasteiger partial charge in [0.2, 0.25) is 5.78 Å². The summed E-state index contributed by atoms with van der Waals surface area (Å²) >= 11 is 11.7. The topological polar surface area (TPSA) is 65.8 Å². The number of aromatic nitrogens is 1. The fourth-order valence-corrected chi connectivity index (χ4v) is 1.88. The van der Waals surface area contributed by atoms with Gasteiger partial charge in [0.25, 0.3) is 0 Å². The van der Waals surface area contributed by atoms with Gasteiger partial charge in [0.1, 0.15) is 17.5 Å². The third-order valence-corrected chi connectivity index (χ3v) is 3.13. The highest BCUT2D eigenvalue weighted by Gasteiger charge is 2.14. The van der Waals surface area contributed by atoms with E-state index in [-0.39, 0.29) is 11.1 Å². The van der Waals surface area contributed by atoms with Crippen LogP contribution in [0.1, 0.15) is 10.4 Å². The molecule has 0 aliphatic heterocycles. The van der Waals surface area contributed by atoms with E-state index in [0.29, 0.717) is 15.9 Å². The van der Waals surface area contributed by atoms with Crippen molar-refractivity contribution in [2.45, 2.75) is 0 Å². The monoisotopic (exact) mass is 317 g/mol. The second kappa shape index (κ2) is 6.89. The number of carbonyl (C=O) groups is 1. The van der Waals surface area contributed by atoms with Gasteiger partial charge in [-0.05, 0) is 24.3 Å². The van der Waals surface area contributed by atoms with Crippen LogP contribution in [0.25, 0.3) is 0 Å². The van der Waals surface area contributed by atoms with Crippen molar-refractivity contribution < 1.29 is 4.79 Å². The first kappa shape index (κ1) is 15.0. The SMILES string of the molecule is N#CC(=CNc1ccc(Cl)cn1)C(=O)c1ccccc1Cl. The molecule has 0 atom stereocenters. The molecule has 104 valence electrons. The minimum atomic E-state index is -0.454. The number of carbonyl (C=O) groups excluding carboxylic acids is 1. The Kier molecular flexibility index (Phi) is 4.94. The summed E-state index contributed by atoms with van der Waals surface area (Å²) in [5.41, 5.74) is 0.206. The molecule has 0 aliphatic rings. The lowest BCUT2D eigenvalue weighted by Crippen LogP contribution is -2.05. The normalized spacial score (nSPS) is 10.8. The van der Waals surface area contributed by atoms with E-state index in [4.69, 9.17) is 28.5 Å². The van der Waals surface area contributed by atoms with E-state index < -0.39 is 5.78 Å². The van der Waals surface area contributed by atoms with Gasteiger partial charge in [0, 0.05) is 18.0 Å². The highest BCUT2D eigenvalue weighted by atomic mass is 35.5. The maximum Gasteiger partial charge on any atom is 0.206 e. The van der Waals surface area contributed by atoms with Crippen LogP contribution in [0.3, 0.4) is 0 Å². The van der Waals surface area contributed by atoms with Crippen molar-refractivity contribution in [3.63, 3.8) is 0 Å². The molecule has 1 aromatic heterocycles. The molecule has 6 heteroatoms. The summed E-state index contributed by atoms with van der Waals surface area (Å²) in [6.45, 7) is 0. The molecule has 0 fully saturated rings. The van der Waals surface area contributed by atoms with E-state index in [1.54, 1.807) is 36.4 Å². The first-order chi connectivity index (χ1) is 10.1. The fourth-order valence-electron chi connectivity index (χ4n) is 1.55. The zero-order valence-corrected chi connectivity index (χ0v) is 12.2. The summed E-state index contributed by atoms with van der Waals surface area (Å²) in [5, 5.41) is 12.7. The van der Waals surface area contributed by atoms with Crippen molar-refractivity contribution in [2.75, 3.05) is 5.32 Å². The number of ketones is 1. The predicted octanol–water partition coefficient (Wildman–Crippen LogP) is 4.09. The molecular formula is C15H9Cl2N3O. The van der Waals surface area contributed by atoms with E-state index in [1.165, 1.54) is 12.4 Å². The van der Waals surface area contributed by atoms with Crippen LogP contribution < -0.4 is 5.32 Å². The maximum absolute atomic E-state index is 12.2. The fraction of sp³-hybridized carbons (Fsp3) is 0. The molecule has 0 saturated carbocycles. The van der Waals surface area contributed by atoms with Crippen molar-refractivity contribution in [1.82, 2.24) is 4.98 Å². The van der Waals surface area contributed by atoms with Gasteiger partial charge in [0.15, 0.2) is 0 Å². The van der Waals surface area contributed by atoms with Crippen molar-refractivity contribution in [1.29, 1.82) is 5.26 Å². The number of nitriles is 1. The summed E-state index contributed by atoms with van der Waals surface area (Å²) < 4.78 is 0. The highest BCUT2D eigenvalue weighted by molar-refractivity contribution is 6.35. The number of benzene rings is 1. The summed E-state index contributed by atoms with van der Waals surface area (Å²) in [7, 11) is 0. The molecule has 0 spiro atoms. The zero-order valence-electron chi connectivity index (χ0n) is 10.7. The van der Waals surface area contributed by atoms with Gasteiger partial charge >= 0.3 is 0 Å². The van der Waals surface area contributed by atoms with Crippen LogP contribution in [0.4, 0.5) is 5.82 Å². The number of nitrogens with zero attached hydrogens (tertiary/aromatic N) is 2. The summed E-state index contributed by atoms with van der Waals surface area (Å²) in [5.74, 6) is 0.0173. The molecule has 0 saturated heterocycles. The quantitative estimate of drug-likeness (QED) is 0.524. The highest BCUT2D eigenvalue weighted by Crippen LogP contribution is 2.18. The average molecular weight is 318 g/mol. The van der Waals surface area contributed by atoms with Crippen molar-refractivity contribution in [3.8, 4) is 6.07 Å². The number of nitrogens with one attached hydrogen (secondary N) is 1. The van der Waals surface area contributed by atoms with E-state index in [0.717, 1.165) is 0 Å². The number of allylic oxidation sites excluding steroid dienone is 1. The standard InChI is InChI=1S/C15H9Cl2N3O/c16-11-5-6-14(20-9-11)19-8-10(7-18)15(21)12-3-1-2-4-13(12)17/h1-6,8-9H,(H,19,20). The van der Waals surface area contributed by atoms with Gasteiger partial charge in [-0.15, -0.1) is 0 Å². The zero-order chi connectivity index (χ0) is 15.2. The van der Waals surface area contributed by atoms with Gasteiger partial charge in [-0.3, -0.25) is 4.79 Å². The average Bonchev–Trinajstić information content (AvgIpc) is 2.50. The smallest absolute Gasteiger partial charge is 0.206 e. The van der Waals surface area contributed by atoms with Gasteiger partial charge in [-0.1, -0.05) is 35.3 Å². The molecule has 4 nitrogen and oxygen atoms in total. The number of hydrogen-bond donors (Lipinski definition) is 1. The first-order valence-corrected chi connectivity index (χ1v) is 6.65. The third-order valence-electron chi connectivity index (χ3n) is 2.58. The first-order valence-electron chi connectivity index (χ1n) is 5.89. The van der Waals surface area contributed by atoms with Gasteiger partial charge in [-0.2, -0.15) is 5.26 Å². The molecule has 0 unspecified atom stereocenters. The number of rotatable bonds is 4. The summed E-state index contributed by atoms with van der Waals surface area (Å²) in [6, 6.07) is 11.7. The molecule has 2 aromatic rings. The Hall–Kier alpha value is -2.35. The minimum Gasteiger partial charge on any atom is -0.345 e. The Morgan fingerprint density at radius 1 is 1.24 bits per heavy atom. The molecule has 0 amide bonds. The molecule has 0 radical (unpaired) electrons. The predicted molar refractivity (Wildman–Crippen MR) is 82.3 cm³/mol. The molecular weight excluding hydrogens is 309 g/mol. The Labute approximate surface area is 131 Å².